The molecule has 1 aliphatic rings. The van der Waals surface area contributed by atoms with Gasteiger partial charge >= 0.3 is 6.18 Å². The fourth-order valence-electron chi connectivity index (χ4n) is 4.54. The van der Waals surface area contributed by atoms with Crippen molar-refractivity contribution in [3.8, 4) is 5.75 Å². The molecule has 0 N–H and O–H groups in total. The number of thiazole rings is 1. The maximum atomic E-state index is 15.2. The Morgan fingerprint density at radius 3 is 2.75 bits per heavy atom. The third-order valence-corrected chi connectivity index (χ3v) is 6.99. The van der Waals surface area contributed by atoms with Crippen LogP contribution >= 0.6 is 11.3 Å². The maximum absolute atomic E-state index is 15.2. The topological polar surface area (TPSA) is 59.7 Å². The Morgan fingerprint density at radius 2 is 2.03 bits per heavy atom. The van der Waals surface area contributed by atoms with Crippen molar-refractivity contribution >= 4 is 22.2 Å². The van der Waals surface area contributed by atoms with Gasteiger partial charge in [-0.05, 0) is 37.6 Å². The van der Waals surface area contributed by atoms with Crippen molar-refractivity contribution in [1.29, 1.82) is 0 Å². The first-order valence-corrected chi connectivity index (χ1v) is 12.2. The van der Waals surface area contributed by atoms with E-state index in [1.54, 1.807) is 22.7 Å². The molecule has 188 valence electrons. The van der Waals surface area contributed by atoms with Crippen LogP contribution in [0.4, 0.5) is 17.6 Å². The number of pyridine rings is 1. The standard InChI is InChI=1S/C25H22F4N4O2S/c1-3-18-20(7-4-14(2)30-18)35-13-21(34)32-9-8-19-23(33-10-11-36-24(33)31-19)22(32)16-6-5-15(12-17(16)26)25(27,28)29/h4-7,10-12,22H,3,8-9,13H2,1-2H3. The summed E-state index contributed by atoms with van der Waals surface area (Å²) < 4.78 is 62.3. The summed E-state index contributed by atoms with van der Waals surface area (Å²) in [6, 6.07) is 4.99. The molecule has 5 rings (SSSR count). The molecule has 4 aromatic rings. The van der Waals surface area contributed by atoms with Crippen LogP contribution < -0.4 is 4.74 Å². The highest BCUT2D eigenvalue weighted by Gasteiger charge is 2.39. The van der Waals surface area contributed by atoms with Crippen molar-refractivity contribution in [2.24, 2.45) is 0 Å². The molecule has 1 aromatic carbocycles. The summed E-state index contributed by atoms with van der Waals surface area (Å²) in [6.07, 6.45) is -1.88. The van der Waals surface area contributed by atoms with Gasteiger partial charge in [-0.2, -0.15) is 13.2 Å². The van der Waals surface area contributed by atoms with E-state index in [0.717, 1.165) is 17.8 Å². The number of halogens is 4. The Balaban J connectivity index is 1.52. The van der Waals surface area contributed by atoms with Gasteiger partial charge in [0.15, 0.2) is 11.6 Å². The van der Waals surface area contributed by atoms with E-state index in [1.165, 1.54) is 16.2 Å². The third kappa shape index (κ3) is 4.32. The molecule has 0 radical (unpaired) electrons. The Morgan fingerprint density at radius 1 is 1.22 bits per heavy atom. The summed E-state index contributed by atoms with van der Waals surface area (Å²) in [4.78, 5) is 24.6. The first-order chi connectivity index (χ1) is 17.2. The van der Waals surface area contributed by atoms with Crippen molar-refractivity contribution in [2.45, 2.75) is 38.9 Å². The molecule has 1 amide bonds. The number of ether oxygens (including phenoxy) is 1. The average molecular weight is 519 g/mol. The van der Waals surface area contributed by atoms with Crippen molar-refractivity contribution in [3.05, 3.63) is 81.6 Å². The van der Waals surface area contributed by atoms with Gasteiger partial charge in [0.2, 0.25) is 0 Å². The van der Waals surface area contributed by atoms with Gasteiger partial charge in [0.05, 0.1) is 22.6 Å². The monoisotopic (exact) mass is 518 g/mol. The normalized spacial score (nSPS) is 15.8. The fourth-order valence-corrected chi connectivity index (χ4v) is 5.28. The predicted octanol–water partition coefficient (Wildman–Crippen LogP) is 5.37. The quantitative estimate of drug-likeness (QED) is 0.333. The SMILES string of the molecule is CCc1nc(C)ccc1OCC(=O)N1CCc2nc3sccn3c2C1c1ccc(C(F)(F)F)cc1F. The van der Waals surface area contributed by atoms with E-state index in [9.17, 15) is 18.0 Å². The van der Waals surface area contributed by atoms with Crippen LogP contribution in [0.2, 0.25) is 0 Å². The maximum Gasteiger partial charge on any atom is 0.416 e. The Kier molecular flexibility index (Phi) is 6.19. The zero-order valence-electron chi connectivity index (χ0n) is 19.5. The van der Waals surface area contributed by atoms with Gasteiger partial charge < -0.3 is 9.64 Å². The van der Waals surface area contributed by atoms with Crippen molar-refractivity contribution in [1.82, 2.24) is 19.3 Å². The molecule has 1 aliphatic heterocycles. The Bertz CT molecular complexity index is 1450. The van der Waals surface area contributed by atoms with Crippen LogP contribution in [0.5, 0.6) is 5.75 Å². The van der Waals surface area contributed by atoms with Crippen LogP contribution in [0, 0.1) is 12.7 Å². The molecular weight excluding hydrogens is 496 g/mol. The number of carbonyl (C=O) groups is 1. The summed E-state index contributed by atoms with van der Waals surface area (Å²) >= 11 is 1.38. The first kappa shape index (κ1) is 24.2. The summed E-state index contributed by atoms with van der Waals surface area (Å²) in [5.74, 6) is -0.976. The Hall–Kier alpha value is -3.47. The second-order valence-corrected chi connectivity index (χ2v) is 9.39. The smallest absolute Gasteiger partial charge is 0.416 e. The zero-order chi connectivity index (χ0) is 25.6. The summed E-state index contributed by atoms with van der Waals surface area (Å²) in [5.41, 5.74) is 1.67. The van der Waals surface area contributed by atoms with Gasteiger partial charge in [-0.1, -0.05) is 13.0 Å². The molecule has 0 aliphatic carbocycles. The highest BCUT2D eigenvalue weighted by molar-refractivity contribution is 7.15. The van der Waals surface area contributed by atoms with Gasteiger partial charge in [0.25, 0.3) is 5.91 Å². The number of amides is 1. The highest BCUT2D eigenvalue weighted by atomic mass is 32.1. The number of aromatic nitrogens is 3. The number of aryl methyl sites for hydroxylation is 2. The van der Waals surface area contributed by atoms with E-state index in [1.807, 2.05) is 19.2 Å². The fraction of sp³-hybridized carbons (Fsp3) is 0.320. The number of alkyl halides is 3. The molecule has 36 heavy (non-hydrogen) atoms. The molecule has 4 heterocycles. The van der Waals surface area contributed by atoms with Crippen molar-refractivity contribution in [2.75, 3.05) is 13.2 Å². The lowest BCUT2D eigenvalue weighted by molar-refractivity contribution is -0.138. The third-order valence-electron chi connectivity index (χ3n) is 6.24. The average Bonchev–Trinajstić information content (AvgIpc) is 3.43. The molecule has 0 saturated carbocycles. The number of rotatable bonds is 5. The number of hydrogen-bond donors (Lipinski definition) is 0. The minimum atomic E-state index is -4.68. The predicted molar refractivity (Wildman–Crippen MR) is 126 cm³/mol. The summed E-state index contributed by atoms with van der Waals surface area (Å²) in [6.45, 7) is 3.69. The van der Waals surface area contributed by atoms with E-state index >= 15 is 4.39 Å². The van der Waals surface area contributed by atoms with Gasteiger partial charge in [-0.25, -0.2) is 9.37 Å². The zero-order valence-corrected chi connectivity index (χ0v) is 20.3. The molecule has 0 spiro atoms. The number of imidazole rings is 1. The molecule has 0 fully saturated rings. The molecule has 0 bridgehead atoms. The van der Waals surface area contributed by atoms with E-state index in [0.29, 0.717) is 46.7 Å². The minimum Gasteiger partial charge on any atom is -0.482 e. The lowest BCUT2D eigenvalue weighted by Gasteiger charge is -2.36. The van der Waals surface area contributed by atoms with E-state index in [-0.39, 0.29) is 18.7 Å². The number of carbonyl (C=O) groups excluding carboxylic acids is 1. The van der Waals surface area contributed by atoms with Crippen LogP contribution in [0.25, 0.3) is 4.96 Å². The number of hydrogen-bond acceptors (Lipinski definition) is 5. The van der Waals surface area contributed by atoms with E-state index in [4.69, 9.17) is 4.74 Å². The van der Waals surface area contributed by atoms with Gasteiger partial charge in [0, 0.05) is 35.8 Å². The van der Waals surface area contributed by atoms with Crippen LogP contribution in [0.15, 0.2) is 41.9 Å². The number of nitrogens with zero attached hydrogens (tertiary/aromatic N) is 4. The molecule has 1 atom stereocenters. The van der Waals surface area contributed by atoms with Crippen molar-refractivity contribution in [3.63, 3.8) is 0 Å². The molecule has 3 aromatic heterocycles. The van der Waals surface area contributed by atoms with E-state index < -0.39 is 29.5 Å². The van der Waals surface area contributed by atoms with Crippen molar-refractivity contribution < 1.29 is 27.1 Å². The summed E-state index contributed by atoms with van der Waals surface area (Å²) in [5, 5.41) is 1.81. The number of benzene rings is 1. The second kappa shape index (κ2) is 9.20. The first-order valence-electron chi connectivity index (χ1n) is 11.4. The van der Waals surface area contributed by atoms with Crippen LogP contribution in [-0.2, 0) is 23.8 Å². The number of fused-ring (bicyclic) bond motifs is 3. The molecule has 0 saturated heterocycles. The summed E-state index contributed by atoms with van der Waals surface area (Å²) in [7, 11) is 0. The van der Waals surface area contributed by atoms with Gasteiger partial charge in [-0.15, -0.1) is 11.3 Å². The van der Waals surface area contributed by atoms with Gasteiger partial charge in [0.1, 0.15) is 17.6 Å². The highest BCUT2D eigenvalue weighted by Crippen LogP contribution is 2.39. The van der Waals surface area contributed by atoms with Crippen LogP contribution in [-0.4, -0.2) is 38.3 Å². The largest absolute Gasteiger partial charge is 0.482 e. The minimum absolute atomic E-state index is 0.0310. The molecule has 11 heteroatoms. The second-order valence-electron chi connectivity index (χ2n) is 8.51. The van der Waals surface area contributed by atoms with Crippen LogP contribution in [0.1, 0.15) is 46.9 Å². The molecular formula is C25H22F4N4O2S. The molecule has 1 unspecified atom stereocenters. The molecule has 6 nitrogen and oxygen atoms in total. The Labute approximate surface area is 208 Å². The lowest BCUT2D eigenvalue weighted by Crippen LogP contribution is -2.43. The van der Waals surface area contributed by atoms with Crippen LogP contribution in [0.3, 0.4) is 0 Å². The van der Waals surface area contributed by atoms with E-state index in [2.05, 4.69) is 9.97 Å². The lowest BCUT2D eigenvalue weighted by atomic mass is 9.94. The van der Waals surface area contributed by atoms with Gasteiger partial charge in [-0.3, -0.25) is 14.2 Å².